The van der Waals surface area contributed by atoms with Crippen LogP contribution in [0.15, 0.2) is 36.4 Å². The molecule has 1 fully saturated rings. The number of alkyl halides is 2. The van der Waals surface area contributed by atoms with Crippen molar-refractivity contribution in [2.24, 2.45) is 0 Å². The summed E-state index contributed by atoms with van der Waals surface area (Å²) in [6, 6.07) is 10.5. The minimum atomic E-state index is -2.53. The third kappa shape index (κ3) is 2.42. The molecule has 0 aromatic heterocycles. The molecule has 0 bridgehead atoms. The third-order valence-corrected chi connectivity index (χ3v) is 4.68. The monoisotopic (exact) mass is 304 g/mol. The molecule has 0 spiro atoms. The van der Waals surface area contributed by atoms with Crippen LogP contribution < -0.4 is 5.46 Å². The van der Waals surface area contributed by atoms with Gasteiger partial charge in [-0.25, -0.2) is 8.78 Å². The Labute approximate surface area is 129 Å². The maximum atomic E-state index is 13.4. The zero-order valence-corrected chi connectivity index (χ0v) is 13.2. The lowest BCUT2D eigenvalue weighted by Gasteiger charge is -2.32. The molecule has 2 nitrogen and oxygen atoms in total. The molecule has 1 saturated heterocycles. The number of benzene rings is 2. The smallest absolute Gasteiger partial charge is 0.399 e. The molecule has 3 rings (SSSR count). The fraction of sp³-hybridized carbons (Fsp3) is 0.412. The quantitative estimate of drug-likeness (QED) is 0.778. The first-order valence-electron chi connectivity index (χ1n) is 7.38. The molecule has 22 heavy (non-hydrogen) atoms. The normalized spacial score (nSPS) is 20.0. The minimum Gasteiger partial charge on any atom is -0.399 e. The molecule has 1 aliphatic rings. The highest BCUT2D eigenvalue weighted by Gasteiger charge is 2.51. The van der Waals surface area contributed by atoms with E-state index in [0.29, 0.717) is 10.8 Å². The Hall–Kier alpha value is -1.46. The fourth-order valence-electron chi connectivity index (χ4n) is 2.66. The highest BCUT2D eigenvalue weighted by atomic mass is 19.3. The summed E-state index contributed by atoms with van der Waals surface area (Å²) in [5.74, 6) is 0. The van der Waals surface area contributed by atoms with Crippen molar-refractivity contribution in [1.82, 2.24) is 0 Å². The molecule has 0 saturated carbocycles. The van der Waals surface area contributed by atoms with Crippen molar-refractivity contribution in [3.8, 4) is 0 Å². The first-order chi connectivity index (χ1) is 10.2. The van der Waals surface area contributed by atoms with E-state index in [2.05, 4.69) is 0 Å². The summed E-state index contributed by atoms with van der Waals surface area (Å²) in [6.45, 7) is 7.79. The van der Waals surface area contributed by atoms with E-state index in [-0.39, 0.29) is 5.56 Å². The number of rotatable bonds is 2. The second kappa shape index (κ2) is 5.03. The van der Waals surface area contributed by atoms with Crippen LogP contribution in [0.2, 0.25) is 0 Å². The lowest BCUT2D eigenvalue weighted by molar-refractivity contribution is 0.00578. The van der Waals surface area contributed by atoms with Crippen LogP contribution in [-0.4, -0.2) is 18.3 Å². The van der Waals surface area contributed by atoms with Gasteiger partial charge >= 0.3 is 7.12 Å². The molecular formula is C17H19BF2O2. The first-order valence-corrected chi connectivity index (χ1v) is 7.38. The van der Waals surface area contributed by atoms with Crippen molar-refractivity contribution in [3.63, 3.8) is 0 Å². The van der Waals surface area contributed by atoms with Crippen molar-refractivity contribution in [2.75, 3.05) is 0 Å². The summed E-state index contributed by atoms with van der Waals surface area (Å²) in [5.41, 5.74) is -0.335. The van der Waals surface area contributed by atoms with Gasteiger partial charge in [0.15, 0.2) is 0 Å². The summed E-state index contributed by atoms with van der Waals surface area (Å²) >= 11 is 0. The topological polar surface area (TPSA) is 18.5 Å². The SMILES string of the molecule is CC1(C)OB(c2cc(C(F)F)c3ccccc3c2)OC1(C)C. The summed E-state index contributed by atoms with van der Waals surface area (Å²) < 4.78 is 38.7. The van der Waals surface area contributed by atoms with Gasteiger partial charge in [0, 0.05) is 5.56 Å². The van der Waals surface area contributed by atoms with Crippen LogP contribution >= 0.6 is 0 Å². The predicted molar refractivity (Wildman–Crippen MR) is 84.6 cm³/mol. The second-order valence-electron chi connectivity index (χ2n) is 6.72. The van der Waals surface area contributed by atoms with Crippen molar-refractivity contribution in [3.05, 3.63) is 42.0 Å². The second-order valence-corrected chi connectivity index (χ2v) is 6.72. The molecular weight excluding hydrogens is 285 g/mol. The van der Waals surface area contributed by atoms with E-state index in [1.54, 1.807) is 12.1 Å². The van der Waals surface area contributed by atoms with Gasteiger partial charge < -0.3 is 9.31 Å². The Morgan fingerprint density at radius 3 is 2.14 bits per heavy atom. The number of hydrogen-bond acceptors (Lipinski definition) is 2. The van der Waals surface area contributed by atoms with Crippen LogP contribution in [0, 0.1) is 0 Å². The molecule has 2 aromatic carbocycles. The Balaban J connectivity index is 2.09. The highest BCUT2D eigenvalue weighted by molar-refractivity contribution is 6.62. The van der Waals surface area contributed by atoms with E-state index in [4.69, 9.17) is 9.31 Å². The molecule has 1 aliphatic heterocycles. The summed E-state index contributed by atoms with van der Waals surface area (Å²) in [4.78, 5) is 0. The van der Waals surface area contributed by atoms with Crippen LogP contribution in [0.3, 0.4) is 0 Å². The van der Waals surface area contributed by atoms with Crippen molar-refractivity contribution < 1.29 is 18.1 Å². The van der Waals surface area contributed by atoms with Gasteiger partial charge in [-0.2, -0.15) is 0 Å². The standard InChI is InChI=1S/C17H19BF2O2/c1-16(2)17(3,4)22-18(21-16)12-9-11-7-5-6-8-13(11)14(10-12)15(19)20/h5-10,15H,1-4H3. The van der Waals surface area contributed by atoms with Gasteiger partial charge in [-0.3, -0.25) is 0 Å². The maximum Gasteiger partial charge on any atom is 0.494 e. The summed E-state index contributed by atoms with van der Waals surface area (Å²) in [6.07, 6.45) is -2.53. The van der Waals surface area contributed by atoms with Gasteiger partial charge in [-0.05, 0) is 43.9 Å². The molecule has 0 N–H and O–H groups in total. The van der Waals surface area contributed by atoms with Crippen molar-refractivity contribution >= 4 is 23.4 Å². The van der Waals surface area contributed by atoms with E-state index in [9.17, 15) is 8.78 Å². The van der Waals surface area contributed by atoms with Gasteiger partial charge in [0.25, 0.3) is 6.43 Å². The van der Waals surface area contributed by atoms with E-state index < -0.39 is 24.7 Å². The van der Waals surface area contributed by atoms with Gasteiger partial charge in [-0.1, -0.05) is 36.4 Å². The van der Waals surface area contributed by atoms with Gasteiger partial charge in [0.2, 0.25) is 0 Å². The van der Waals surface area contributed by atoms with Crippen molar-refractivity contribution in [1.29, 1.82) is 0 Å². The zero-order chi connectivity index (χ0) is 16.1. The van der Waals surface area contributed by atoms with Crippen LogP contribution in [0.5, 0.6) is 0 Å². The molecule has 0 radical (unpaired) electrons. The first kappa shape index (κ1) is 15.4. The van der Waals surface area contributed by atoms with Gasteiger partial charge in [0.1, 0.15) is 0 Å². The molecule has 5 heteroatoms. The van der Waals surface area contributed by atoms with Crippen molar-refractivity contribution in [2.45, 2.75) is 45.3 Å². The van der Waals surface area contributed by atoms with Crippen LogP contribution in [0.1, 0.15) is 39.7 Å². The molecule has 0 amide bonds. The Morgan fingerprint density at radius 1 is 0.955 bits per heavy atom. The molecule has 0 aliphatic carbocycles. The summed E-state index contributed by atoms with van der Waals surface area (Å²) in [5, 5.41) is 1.34. The van der Waals surface area contributed by atoms with Gasteiger partial charge in [-0.15, -0.1) is 0 Å². The summed E-state index contributed by atoms with van der Waals surface area (Å²) in [7, 11) is -0.632. The molecule has 0 atom stereocenters. The number of fused-ring (bicyclic) bond motifs is 1. The Morgan fingerprint density at radius 2 is 1.55 bits per heavy atom. The average molecular weight is 304 g/mol. The number of hydrogen-bond donors (Lipinski definition) is 0. The lowest BCUT2D eigenvalue weighted by Crippen LogP contribution is -2.41. The van der Waals surface area contributed by atoms with Crippen LogP contribution in [0.25, 0.3) is 10.8 Å². The zero-order valence-electron chi connectivity index (χ0n) is 13.2. The van der Waals surface area contributed by atoms with E-state index in [1.807, 2.05) is 45.9 Å². The lowest BCUT2D eigenvalue weighted by atomic mass is 9.77. The Kier molecular flexibility index (Phi) is 3.53. The highest BCUT2D eigenvalue weighted by Crippen LogP contribution is 2.37. The maximum absolute atomic E-state index is 13.4. The van der Waals surface area contributed by atoms with E-state index in [0.717, 1.165) is 5.39 Å². The molecule has 0 unspecified atom stereocenters. The molecule has 1 heterocycles. The fourth-order valence-corrected chi connectivity index (χ4v) is 2.66. The Bertz CT molecular complexity index is 697. The molecule has 116 valence electrons. The minimum absolute atomic E-state index is 0.0165. The number of halogens is 2. The van der Waals surface area contributed by atoms with Crippen LogP contribution in [-0.2, 0) is 9.31 Å². The third-order valence-electron chi connectivity index (χ3n) is 4.68. The largest absolute Gasteiger partial charge is 0.494 e. The molecule has 2 aromatic rings. The van der Waals surface area contributed by atoms with E-state index in [1.165, 1.54) is 6.07 Å². The predicted octanol–water partition coefficient (Wildman–Crippen LogP) is 4.08. The van der Waals surface area contributed by atoms with E-state index >= 15 is 0 Å². The van der Waals surface area contributed by atoms with Gasteiger partial charge in [0.05, 0.1) is 11.2 Å². The van der Waals surface area contributed by atoms with Crippen LogP contribution in [0.4, 0.5) is 8.78 Å². The average Bonchev–Trinajstić information content (AvgIpc) is 2.66.